The van der Waals surface area contributed by atoms with Crippen LogP contribution < -0.4 is 10.1 Å². The fourth-order valence-corrected chi connectivity index (χ4v) is 2.29. The second-order valence-electron chi connectivity index (χ2n) is 5.37. The molecule has 3 rings (SSSR count). The van der Waals surface area contributed by atoms with Crippen molar-refractivity contribution in [2.24, 2.45) is 0 Å². The van der Waals surface area contributed by atoms with Gasteiger partial charge in [-0.15, -0.1) is 0 Å². The van der Waals surface area contributed by atoms with Gasteiger partial charge in [0.1, 0.15) is 5.75 Å². The van der Waals surface area contributed by atoms with Gasteiger partial charge in [-0.1, -0.05) is 18.2 Å². The van der Waals surface area contributed by atoms with Crippen LogP contribution in [0.5, 0.6) is 5.75 Å². The number of carbonyl (C=O) groups is 2. The summed E-state index contributed by atoms with van der Waals surface area (Å²) < 4.78 is 42.7. The van der Waals surface area contributed by atoms with Gasteiger partial charge in [-0.25, -0.2) is 0 Å². The number of benzene rings is 2. The molecule has 4 nitrogen and oxygen atoms in total. The summed E-state index contributed by atoms with van der Waals surface area (Å²) in [5.74, 6) is -0.178. The van der Waals surface area contributed by atoms with E-state index in [0.29, 0.717) is 22.6 Å². The minimum atomic E-state index is -4.40. The number of alkyl halides is 3. The van der Waals surface area contributed by atoms with Crippen molar-refractivity contribution in [2.75, 3.05) is 11.9 Å². The second kappa shape index (κ2) is 6.43. The first kappa shape index (κ1) is 16.8. The summed E-state index contributed by atoms with van der Waals surface area (Å²) in [6.07, 6.45) is -1.71. The summed E-state index contributed by atoms with van der Waals surface area (Å²) in [6, 6.07) is 9.10. The van der Waals surface area contributed by atoms with Crippen LogP contribution in [0.25, 0.3) is 6.08 Å². The lowest BCUT2D eigenvalue weighted by atomic mass is 10.1. The first-order valence-electron chi connectivity index (χ1n) is 7.29. The van der Waals surface area contributed by atoms with Gasteiger partial charge in [0.05, 0.1) is 11.3 Å². The number of rotatable bonds is 3. The molecular weight excluding hydrogens is 335 g/mol. The normalized spacial score (nSPS) is 14.0. The molecule has 128 valence electrons. The van der Waals surface area contributed by atoms with Crippen LogP contribution in [0, 0.1) is 0 Å². The first-order chi connectivity index (χ1) is 11.8. The lowest BCUT2D eigenvalue weighted by molar-refractivity contribution is -0.137. The van der Waals surface area contributed by atoms with Crippen molar-refractivity contribution in [1.82, 2.24) is 0 Å². The number of hydrogen-bond acceptors (Lipinski definition) is 3. The van der Waals surface area contributed by atoms with E-state index in [1.807, 2.05) is 0 Å². The first-order valence-corrected chi connectivity index (χ1v) is 7.29. The minimum absolute atomic E-state index is 0.0753. The summed E-state index contributed by atoms with van der Waals surface area (Å²) in [5, 5.41) is 2.60. The Balaban J connectivity index is 1.75. The average molecular weight is 347 g/mol. The molecule has 25 heavy (non-hydrogen) atoms. The molecule has 0 aromatic heterocycles. The van der Waals surface area contributed by atoms with Crippen LogP contribution in [0.2, 0.25) is 0 Å². The molecule has 0 saturated heterocycles. The number of ether oxygens (including phenoxy) is 1. The number of anilines is 1. The molecule has 0 unspecified atom stereocenters. The fourth-order valence-electron chi connectivity index (χ4n) is 2.29. The lowest BCUT2D eigenvalue weighted by Crippen LogP contribution is -2.25. The van der Waals surface area contributed by atoms with E-state index in [4.69, 9.17) is 4.74 Å². The highest BCUT2D eigenvalue weighted by Gasteiger charge is 2.29. The molecule has 2 aromatic rings. The third-order valence-electron chi connectivity index (χ3n) is 3.56. The van der Waals surface area contributed by atoms with Gasteiger partial charge < -0.3 is 10.1 Å². The van der Waals surface area contributed by atoms with Gasteiger partial charge in [-0.05, 0) is 42.0 Å². The number of fused-ring (bicyclic) bond motifs is 1. The Bertz CT molecular complexity index is 855. The van der Waals surface area contributed by atoms with Gasteiger partial charge in [0.2, 0.25) is 0 Å². The van der Waals surface area contributed by atoms with Gasteiger partial charge in [-0.2, -0.15) is 13.2 Å². The standard InChI is InChI=1S/C18H12F3NO3/c19-18(20,21)13-5-1-11(2-6-13)3-7-15(23)12-4-8-16-14(9-12)22-17(24)10-25-16/h1-9H,10H2,(H,22,24)/b7-3+. The zero-order valence-corrected chi connectivity index (χ0v) is 12.8. The van der Waals surface area contributed by atoms with Gasteiger partial charge in [0, 0.05) is 5.56 Å². The Morgan fingerprint density at radius 3 is 2.52 bits per heavy atom. The molecule has 0 atom stereocenters. The summed E-state index contributed by atoms with van der Waals surface area (Å²) in [7, 11) is 0. The van der Waals surface area contributed by atoms with Crippen LogP contribution >= 0.6 is 0 Å². The van der Waals surface area contributed by atoms with E-state index in [9.17, 15) is 22.8 Å². The highest BCUT2D eigenvalue weighted by atomic mass is 19.4. The van der Waals surface area contributed by atoms with Crippen molar-refractivity contribution in [3.63, 3.8) is 0 Å². The maximum Gasteiger partial charge on any atom is 0.416 e. The lowest BCUT2D eigenvalue weighted by Gasteiger charge is -2.17. The molecule has 1 heterocycles. The molecule has 0 fully saturated rings. The van der Waals surface area contributed by atoms with Crippen molar-refractivity contribution in [3.05, 3.63) is 65.2 Å². The summed E-state index contributed by atoms with van der Waals surface area (Å²) >= 11 is 0. The predicted molar refractivity (Wildman–Crippen MR) is 85.4 cm³/mol. The van der Waals surface area contributed by atoms with Crippen molar-refractivity contribution in [3.8, 4) is 5.75 Å². The van der Waals surface area contributed by atoms with Crippen molar-refractivity contribution in [2.45, 2.75) is 6.18 Å². The number of nitrogens with one attached hydrogen (secondary N) is 1. The van der Waals surface area contributed by atoms with E-state index in [1.54, 1.807) is 12.1 Å². The minimum Gasteiger partial charge on any atom is -0.482 e. The van der Waals surface area contributed by atoms with Crippen LogP contribution in [-0.4, -0.2) is 18.3 Å². The second-order valence-corrected chi connectivity index (χ2v) is 5.37. The summed E-state index contributed by atoms with van der Waals surface area (Å²) in [4.78, 5) is 23.5. The molecule has 1 N–H and O–H groups in total. The van der Waals surface area contributed by atoms with Crippen molar-refractivity contribution >= 4 is 23.5 Å². The Morgan fingerprint density at radius 2 is 1.84 bits per heavy atom. The van der Waals surface area contributed by atoms with Gasteiger partial charge >= 0.3 is 6.18 Å². The smallest absolute Gasteiger partial charge is 0.416 e. The molecule has 1 aliphatic heterocycles. The van der Waals surface area contributed by atoms with Gasteiger partial charge in [0.25, 0.3) is 5.91 Å². The van der Waals surface area contributed by atoms with E-state index < -0.39 is 11.7 Å². The molecule has 0 aliphatic carbocycles. The van der Waals surface area contributed by atoms with Crippen LogP contribution in [-0.2, 0) is 11.0 Å². The van der Waals surface area contributed by atoms with E-state index in [1.165, 1.54) is 30.4 Å². The third kappa shape index (κ3) is 3.88. The van der Waals surface area contributed by atoms with E-state index in [0.717, 1.165) is 12.1 Å². The monoisotopic (exact) mass is 347 g/mol. The molecule has 0 radical (unpaired) electrons. The largest absolute Gasteiger partial charge is 0.482 e. The molecular formula is C18H12F3NO3. The van der Waals surface area contributed by atoms with E-state index >= 15 is 0 Å². The fraction of sp³-hybridized carbons (Fsp3) is 0.111. The number of carbonyl (C=O) groups excluding carboxylic acids is 2. The van der Waals surface area contributed by atoms with Crippen LogP contribution in [0.15, 0.2) is 48.5 Å². The van der Waals surface area contributed by atoms with Crippen LogP contribution in [0.3, 0.4) is 0 Å². The maximum absolute atomic E-state index is 12.5. The molecule has 0 bridgehead atoms. The molecule has 0 spiro atoms. The highest BCUT2D eigenvalue weighted by Crippen LogP contribution is 2.30. The number of amides is 1. The number of halogens is 3. The molecule has 0 saturated carbocycles. The maximum atomic E-state index is 12.5. The quantitative estimate of drug-likeness (QED) is 0.676. The van der Waals surface area contributed by atoms with E-state index in [-0.39, 0.29) is 18.3 Å². The molecule has 2 aromatic carbocycles. The van der Waals surface area contributed by atoms with Crippen LogP contribution in [0.4, 0.5) is 18.9 Å². The zero-order valence-electron chi connectivity index (χ0n) is 12.8. The van der Waals surface area contributed by atoms with E-state index in [2.05, 4.69) is 5.32 Å². The zero-order chi connectivity index (χ0) is 18.0. The Morgan fingerprint density at radius 1 is 1.12 bits per heavy atom. The Labute approximate surface area is 140 Å². The summed E-state index contributed by atoms with van der Waals surface area (Å²) in [6.45, 7) is -0.0753. The molecule has 1 amide bonds. The van der Waals surface area contributed by atoms with Crippen LogP contribution in [0.1, 0.15) is 21.5 Å². The summed E-state index contributed by atoms with van der Waals surface area (Å²) in [5.41, 5.74) is 0.454. The Hall–Kier alpha value is -3.09. The molecule has 1 aliphatic rings. The SMILES string of the molecule is O=C1COc2ccc(C(=O)/C=C/c3ccc(C(F)(F)F)cc3)cc2N1. The van der Waals surface area contributed by atoms with Gasteiger partial charge in [0.15, 0.2) is 12.4 Å². The van der Waals surface area contributed by atoms with Crippen molar-refractivity contribution in [1.29, 1.82) is 0 Å². The number of ketones is 1. The molecule has 7 heteroatoms. The number of hydrogen-bond donors (Lipinski definition) is 1. The highest BCUT2D eigenvalue weighted by molar-refractivity contribution is 6.08. The van der Waals surface area contributed by atoms with Gasteiger partial charge in [-0.3, -0.25) is 9.59 Å². The van der Waals surface area contributed by atoms with Crippen molar-refractivity contribution < 1.29 is 27.5 Å². The topological polar surface area (TPSA) is 55.4 Å². The number of allylic oxidation sites excluding steroid dienone is 1. The average Bonchev–Trinajstić information content (AvgIpc) is 2.58. The predicted octanol–water partition coefficient (Wildman–Crippen LogP) is 3.93. The Kier molecular flexibility index (Phi) is 4.31. The third-order valence-corrected chi connectivity index (χ3v) is 3.56.